The van der Waals surface area contributed by atoms with Crippen molar-refractivity contribution in [3.8, 4) is 0 Å². The van der Waals surface area contributed by atoms with Gasteiger partial charge in [-0.05, 0) is 45.1 Å². The van der Waals surface area contributed by atoms with Crippen LogP contribution in [-0.2, 0) is 0 Å². The van der Waals surface area contributed by atoms with Gasteiger partial charge in [0.1, 0.15) is 0 Å². The molecule has 3 unspecified atom stereocenters. The van der Waals surface area contributed by atoms with Gasteiger partial charge in [-0.15, -0.1) is 0 Å². The number of rotatable bonds is 4. The van der Waals surface area contributed by atoms with Crippen LogP contribution in [0.15, 0.2) is 0 Å². The monoisotopic (exact) mass is 265 g/mol. The zero-order chi connectivity index (χ0) is 13.5. The van der Waals surface area contributed by atoms with Crippen LogP contribution in [0.1, 0.15) is 51.9 Å². The number of nitrogens with zero attached hydrogens (tertiary/aromatic N) is 2. The number of likely N-dealkylation sites (N-methyl/N-ethyl adjacent to an activating group) is 1. The highest BCUT2D eigenvalue weighted by Gasteiger charge is 2.46. The molecule has 19 heavy (non-hydrogen) atoms. The van der Waals surface area contributed by atoms with Gasteiger partial charge in [-0.3, -0.25) is 9.80 Å². The Hall–Kier alpha value is -0.120. The van der Waals surface area contributed by atoms with Crippen molar-refractivity contribution >= 4 is 0 Å². The lowest BCUT2D eigenvalue weighted by Crippen LogP contribution is -2.58. The molecule has 0 bridgehead atoms. The number of hydrogen-bond donors (Lipinski definition) is 1. The van der Waals surface area contributed by atoms with Crippen molar-refractivity contribution in [1.82, 2.24) is 9.80 Å². The summed E-state index contributed by atoms with van der Waals surface area (Å²) in [6.07, 6.45) is 9.71. The molecule has 1 aliphatic heterocycles. The third-order valence-electron chi connectivity index (χ3n) is 6.01. The van der Waals surface area contributed by atoms with Gasteiger partial charge in [0.25, 0.3) is 0 Å². The Labute approximate surface area is 118 Å². The van der Waals surface area contributed by atoms with Crippen LogP contribution in [0.3, 0.4) is 0 Å². The molecule has 2 saturated carbocycles. The molecule has 0 aromatic heterocycles. The van der Waals surface area contributed by atoms with Crippen molar-refractivity contribution in [2.75, 3.05) is 26.7 Å². The summed E-state index contributed by atoms with van der Waals surface area (Å²) in [6, 6.07) is 1.67. The quantitative estimate of drug-likeness (QED) is 0.844. The number of hydrogen-bond acceptors (Lipinski definition) is 3. The van der Waals surface area contributed by atoms with E-state index in [1.165, 1.54) is 58.0 Å². The van der Waals surface area contributed by atoms with E-state index in [1.807, 2.05) is 0 Å². The predicted octanol–water partition coefficient (Wildman–Crippen LogP) is 2.06. The molecule has 0 aromatic rings. The van der Waals surface area contributed by atoms with E-state index in [2.05, 4.69) is 23.8 Å². The predicted molar refractivity (Wildman–Crippen MR) is 80.2 cm³/mol. The molecule has 3 heteroatoms. The van der Waals surface area contributed by atoms with E-state index < -0.39 is 0 Å². The number of nitrogens with two attached hydrogens (primary N) is 1. The maximum atomic E-state index is 6.23. The largest absolute Gasteiger partial charge is 0.329 e. The van der Waals surface area contributed by atoms with Crippen molar-refractivity contribution in [2.45, 2.75) is 69.5 Å². The van der Waals surface area contributed by atoms with Crippen LogP contribution in [-0.4, -0.2) is 54.1 Å². The molecule has 2 N–H and O–H groups in total. The third kappa shape index (κ3) is 2.70. The summed E-state index contributed by atoms with van der Waals surface area (Å²) in [6.45, 7) is 5.74. The second-order valence-electron chi connectivity index (χ2n) is 7.42. The molecule has 1 heterocycles. The zero-order valence-corrected chi connectivity index (χ0v) is 12.8. The van der Waals surface area contributed by atoms with Gasteiger partial charge in [0.2, 0.25) is 0 Å². The Morgan fingerprint density at radius 2 is 2.05 bits per heavy atom. The van der Waals surface area contributed by atoms with Crippen LogP contribution in [0.2, 0.25) is 0 Å². The maximum Gasteiger partial charge on any atom is 0.0470 e. The average Bonchev–Trinajstić information content (AvgIpc) is 3.18. The molecule has 3 fully saturated rings. The Morgan fingerprint density at radius 3 is 2.68 bits per heavy atom. The van der Waals surface area contributed by atoms with Crippen molar-refractivity contribution in [3.63, 3.8) is 0 Å². The highest BCUT2D eigenvalue weighted by atomic mass is 15.3. The number of likely N-dealkylation sites (tertiary alicyclic amines) is 1. The molecule has 0 spiro atoms. The lowest BCUT2D eigenvalue weighted by molar-refractivity contribution is 0.0513. The first-order valence-electron chi connectivity index (χ1n) is 8.32. The molecular formula is C16H31N3. The summed E-state index contributed by atoms with van der Waals surface area (Å²) in [5.41, 5.74) is 6.49. The molecule has 110 valence electrons. The second kappa shape index (κ2) is 5.34. The fourth-order valence-electron chi connectivity index (χ4n) is 4.38. The van der Waals surface area contributed by atoms with E-state index in [-0.39, 0.29) is 5.54 Å². The van der Waals surface area contributed by atoms with Crippen LogP contribution < -0.4 is 5.73 Å². The van der Waals surface area contributed by atoms with E-state index in [0.717, 1.165) is 24.5 Å². The van der Waals surface area contributed by atoms with E-state index in [1.54, 1.807) is 0 Å². The summed E-state index contributed by atoms with van der Waals surface area (Å²) >= 11 is 0. The van der Waals surface area contributed by atoms with Crippen molar-refractivity contribution in [3.05, 3.63) is 0 Å². The van der Waals surface area contributed by atoms with Gasteiger partial charge < -0.3 is 5.73 Å². The Balaban J connectivity index is 1.66. The minimum absolute atomic E-state index is 0.268. The van der Waals surface area contributed by atoms with Crippen molar-refractivity contribution in [1.29, 1.82) is 0 Å². The van der Waals surface area contributed by atoms with Gasteiger partial charge in [0.05, 0.1) is 0 Å². The van der Waals surface area contributed by atoms with Gasteiger partial charge in [-0.1, -0.05) is 19.8 Å². The summed E-state index contributed by atoms with van der Waals surface area (Å²) in [5.74, 6) is 0.900. The van der Waals surface area contributed by atoms with E-state index in [9.17, 15) is 0 Å². The lowest BCUT2D eigenvalue weighted by Gasteiger charge is -2.45. The summed E-state index contributed by atoms with van der Waals surface area (Å²) in [7, 11) is 2.35. The second-order valence-corrected chi connectivity index (χ2v) is 7.42. The fourth-order valence-corrected chi connectivity index (χ4v) is 4.38. The molecule has 2 aliphatic carbocycles. The summed E-state index contributed by atoms with van der Waals surface area (Å²) in [5, 5.41) is 0. The van der Waals surface area contributed by atoms with Crippen LogP contribution in [0.25, 0.3) is 0 Å². The Bertz CT molecular complexity index is 315. The minimum atomic E-state index is 0.268. The average molecular weight is 265 g/mol. The first-order valence-corrected chi connectivity index (χ1v) is 8.32. The minimum Gasteiger partial charge on any atom is -0.329 e. The molecule has 3 aliphatic rings. The molecule has 3 atom stereocenters. The van der Waals surface area contributed by atoms with Crippen LogP contribution in [0, 0.1) is 5.92 Å². The molecule has 3 rings (SSSR count). The highest BCUT2D eigenvalue weighted by molar-refractivity contribution is 5.04. The van der Waals surface area contributed by atoms with E-state index >= 15 is 0 Å². The van der Waals surface area contributed by atoms with Gasteiger partial charge in [0, 0.05) is 37.3 Å². The smallest absolute Gasteiger partial charge is 0.0470 e. The molecule has 0 radical (unpaired) electrons. The highest BCUT2D eigenvalue weighted by Crippen LogP contribution is 2.38. The molecule has 3 nitrogen and oxygen atoms in total. The summed E-state index contributed by atoms with van der Waals surface area (Å²) in [4.78, 5) is 5.39. The van der Waals surface area contributed by atoms with Crippen LogP contribution in [0.5, 0.6) is 0 Å². The van der Waals surface area contributed by atoms with E-state index in [4.69, 9.17) is 5.73 Å². The summed E-state index contributed by atoms with van der Waals surface area (Å²) < 4.78 is 0. The lowest BCUT2D eigenvalue weighted by atomic mass is 9.83. The third-order valence-corrected chi connectivity index (χ3v) is 6.01. The van der Waals surface area contributed by atoms with Gasteiger partial charge >= 0.3 is 0 Å². The SMILES string of the molecule is CC1CCCC(N(C)C2(CN)CCN(C3CC3)C2)C1. The normalized spacial score (nSPS) is 41.1. The van der Waals surface area contributed by atoms with Crippen molar-refractivity contribution in [2.24, 2.45) is 11.7 Å². The topological polar surface area (TPSA) is 32.5 Å². The molecule has 0 amide bonds. The first-order chi connectivity index (χ1) is 9.14. The maximum absolute atomic E-state index is 6.23. The van der Waals surface area contributed by atoms with Crippen LogP contribution >= 0.6 is 0 Å². The van der Waals surface area contributed by atoms with Gasteiger partial charge in [-0.25, -0.2) is 0 Å². The molecular weight excluding hydrogens is 234 g/mol. The molecule has 0 aromatic carbocycles. The first kappa shape index (κ1) is 13.8. The van der Waals surface area contributed by atoms with E-state index in [0.29, 0.717) is 0 Å². The fraction of sp³-hybridized carbons (Fsp3) is 1.00. The Morgan fingerprint density at radius 1 is 1.26 bits per heavy atom. The molecule has 1 saturated heterocycles. The standard InChI is InChI=1S/C16H31N3/c1-13-4-3-5-15(10-13)18(2)16(11-17)8-9-19(12-16)14-6-7-14/h13-15H,3-12,17H2,1-2H3. The Kier molecular flexibility index (Phi) is 3.89. The zero-order valence-electron chi connectivity index (χ0n) is 12.8. The van der Waals surface area contributed by atoms with Gasteiger partial charge in [0.15, 0.2) is 0 Å². The van der Waals surface area contributed by atoms with Crippen LogP contribution in [0.4, 0.5) is 0 Å². The van der Waals surface area contributed by atoms with Gasteiger partial charge in [-0.2, -0.15) is 0 Å². The van der Waals surface area contributed by atoms with Crippen molar-refractivity contribution < 1.29 is 0 Å².